The van der Waals surface area contributed by atoms with Crippen LogP contribution in [-0.4, -0.2) is 50.0 Å². The van der Waals surface area contributed by atoms with Gasteiger partial charge in [-0.2, -0.15) is 9.97 Å². The van der Waals surface area contributed by atoms with Gasteiger partial charge in [0, 0.05) is 18.5 Å². The maximum absolute atomic E-state index is 9.39. The van der Waals surface area contributed by atoms with Crippen molar-refractivity contribution in [1.82, 2.24) is 19.5 Å². The maximum Gasteiger partial charge on any atom is 0.226 e. The van der Waals surface area contributed by atoms with Crippen LogP contribution in [0.15, 0.2) is 6.33 Å². The summed E-state index contributed by atoms with van der Waals surface area (Å²) in [5.74, 6) is 0.563. The minimum absolute atomic E-state index is 0.0110. The first kappa shape index (κ1) is 12.6. The summed E-state index contributed by atoms with van der Waals surface area (Å²) < 4.78 is 1.84. The number of anilines is 1. The molecule has 0 bridgehead atoms. The second kappa shape index (κ2) is 4.29. The molecule has 1 saturated carbocycles. The van der Waals surface area contributed by atoms with E-state index in [1.54, 1.807) is 13.4 Å². The molecular weight excluding hydrogens is 270 g/mol. The van der Waals surface area contributed by atoms with Crippen molar-refractivity contribution in [3.05, 3.63) is 11.6 Å². The van der Waals surface area contributed by atoms with Gasteiger partial charge >= 0.3 is 0 Å². The van der Waals surface area contributed by atoms with Gasteiger partial charge < -0.3 is 20.1 Å². The number of nitrogens with zero attached hydrogens (tertiary/aromatic N) is 4. The number of nitrogens with one attached hydrogen (secondary N) is 1. The standard InChI is InChI=1S/C11H14ClN5O2/c1-13-8-7-9(16-10(12)15-8)17(5-14-7)6-2-11(6,3-18)4-19/h5-6,18-19H,2-4H2,1H3,(H,13,15,16). The summed E-state index contributed by atoms with van der Waals surface area (Å²) in [6.45, 7) is -0.128. The summed E-state index contributed by atoms with van der Waals surface area (Å²) in [5.41, 5.74) is 0.756. The van der Waals surface area contributed by atoms with E-state index in [0.717, 1.165) is 0 Å². The fourth-order valence-electron chi connectivity index (χ4n) is 2.40. The zero-order chi connectivity index (χ0) is 13.6. The fraction of sp³-hybridized carbons (Fsp3) is 0.545. The second-order valence-electron chi connectivity index (χ2n) is 4.81. The van der Waals surface area contributed by atoms with Crippen molar-refractivity contribution < 1.29 is 10.2 Å². The Hall–Kier alpha value is -1.44. The van der Waals surface area contributed by atoms with Crippen molar-refractivity contribution in [2.24, 2.45) is 5.41 Å². The van der Waals surface area contributed by atoms with Gasteiger partial charge in [0.2, 0.25) is 5.28 Å². The number of imidazole rings is 1. The Kier molecular flexibility index (Phi) is 2.84. The highest BCUT2D eigenvalue weighted by Crippen LogP contribution is 2.56. The minimum Gasteiger partial charge on any atom is -0.396 e. The predicted molar refractivity (Wildman–Crippen MR) is 70.1 cm³/mol. The lowest BCUT2D eigenvalue weighted by molar-refractivity contribution is 0.123. The predicted octanol–water partition coefficient (Wildman–Crippen LogP) is 0.437. The Morgan fingerprint density at radius 1 is 1.47 bits per heavy atom. The molecule has 3 N–H and O–H groups in total. The highest BCUT2D eigenvalue weighted by Gasteiger charge is 2.55. The van der Waals surface area contributed by atoms with Crippen LogP contribution in [0.1, 0.15) is 12.5 Å². The molecule has 2 aromatic rings. The van der Waals surface area contributed by atoms with Crippen molar-refractivity contribution in [2.45, 2.75) is 12.5 Å². The van der Waals surface area contributed by atoms with Gasteiger partial charge in [-0.3, -0.25) is 0 Å². The highest BCUT2D eigenvalue weighted by molar-refractivity contribution is 6.28. The molecule has 1 fully saturated rings. The Bertz CT molecular complexity index is 625. The Morgan fingerprint density at radius 3 is 2.79 bits per heavy atom. The Morgan fingerprint density at radius 2 is 2.21 bits per heavy atom. The number of aromatic nitrogens is 4. The van der Waals surface area contributed by atoms with Crippen molar-refractivity contribution in [1.29, 1.82) is 0 Å². The number of hydrogen-bond donors (Lipinski definition) is 3. The minimum atomic E-state index is -0.481. The van der Waals surface area contributed by atoms with E-state index in [9.17, 15) is 10.2 Å². The van der Waals surface area contributed by atoms with Crippen molar-refractivity contribution in [2.75, 3.05) is 25.6 Å². The van der Waals surface area contributed by atoms with Crippen molar-refractivity contribution >= 4 is 28.6 Å². The van der Waals surface area contributed by atoms with E-state index in [-0.39, 0.29) is 24.5 Å². The van der Waals surface area contributed by atoms with Gasteiger partial charge in [0.25, 0.3) is 0 Å². The molecule has 0 radical (unpaired) electrons. The zero-order valence-electron chi connectivity index (χ0n) is 10.3. The molecule has 0 saturated heterocycles. The van der Waals surface area contributed by atoms with Crippen molar-refractivity contribution in [3.63, 3.8) is 0 Å². The molecule has 8 heteroatoms. The SMILES string of the molecule is CNc1nc(Cl)nc2c1ncn2C1CC1(CO)CO. The van der Waals surface area contributed by atoms with E-state index in [2.05, 4.69) is 20.3 Å². The van der Waals surface area contributed by atoms with E-state index < -0.39 is 5.41 Å². The van der Waals surface area contributed by atoms with E-state index in [0.29, 0.717) is 23.4 Å². The average molecular weight is 284 g/mol. The first-order valence-electron chi connectivity index (χ1n) is 5.95. The lowest BCUT2D eigenvalue weighted by atomic mass is 10.1. The van der Waals surface area contributed by atoms with Gasteiger partial charge in [0.05, 0.1) is 19.5 Å². The Balaban J connectivity index is 2.10. The topological polar surface area (TPSA) is 96.1 Å². The number of rotatable bonds is 4. The van der Waals surface area contributed by atoms with Crippen LogP contribution in [0.2, 0.25) is 5.28 Å². The van der Waals surface area contributed by atoms with Crippen LogP contribution in [0.4, 0.5) is 5.82 Å². The molecule has 3 rings (SSSR count). The highest BCUT2D eigenvalue weighted by atomic mass is 35.5. The third kappa shape index (κ3) is 1.77. The van der Waals surface area contributed by atoms with E-state index in [1.165, 1.54) is 0 Å². The van der Waals surface area contributed by atoms with Crippen molar-refractivity contribution in [3.8, 4) is 0 Å². The molecule has 2 heterocycles. The average Bonchev–Trinajstić information content (AvgIpc) is 3.02. The molecule has 0 spiro atoms. The molecule has 7 nitrogen and oxygen atoms in total. The molecule has 2 aromatic heterocycles. The molecule has 19 heavy (non-hydrogen) atoms. The number of hydrogen-bond acceptors (Lipinski definition) is 6. The molecule has 0 aromatic carbocycles. The summed E-state index contributed by atoms with van der Waals surface area (Å²) in [5, 5.41) is 21.8. The molecule has 102 valence electrons. The van der Waals surface area contributed by atoms with E-state index in [4.69, 9.17) is 11.6 Å². The molecule has 0 aliphatic heterocycles. The number of halogens is 1. The number of fused-ring (bicyclic) bond motifs is 1. The lowest BCUT2D eigenvalue weighted by Crippen LogP contribution is -2.16. The first-order valence-corrected chi connectivity index (χ1v) is 6.32. The molecule has 1 aliphatic carbocycles. The summed E-state index contributed by atoms with van der Waals surface area (Å²) >= 11 is 5.89. The number of aliphatic hydroxyl groups is 2. The summed E-state index contributed by atoms with van der Waals surface area (Å²) in [6.07, 6.45) is 2.34. The lowest BCUT2D eigenvalue weighted by Gasteiger charge is -2.11. The summed E-state index contributed by atoms with van der Waals surface area (Å²) in [6, 6.07) is -0.0110. The van der Waals surface area contributed by atoms with Gasteiger partial charge in [-0.25, -0.2) is 4.98 Å². The maximum atomic E-state index is 9.39. The molecule has 0 amide bonds. The Labute approximate surface area is 114 Å². The molecule has 1 aliphatic rings. The zero-order valence-corrected chi connectivity index (χ0v) is 11.1. The van der Waals surface area contributed by atoms with Gasteiger partial charge in [0.15, 0.2) is 17.0 Å². The fourth-order valence-corrected chi connectivity index (χ4v) is 2.57. The molecular formula is C11H14ClN5O2. The van der Waals surface area contributed by atoms with E-state index >= 15 is 0 Å². The smallest absolute Gasteiger partial charge is 0.226 e. The van der Waals surface area contributed by atoms with Gasteiger partial charge in [-0.05, 0) is 18.0 Å². The number of aliphatic hydroxyl groups excluding tert-OH is 2. The van der Waals surface area contributed by atoms with Gasteiger partial charge in [-0.1, -0.05) is 0 Å². The van der Waals surface area contributed by atoms with E-state index in [1.807, 2.05) is 4.57 Å². The first-order chi connectivity index (χ1) is 9.15. The van der Waals surface area contributed by atoms with Gasteiger partial charge in [-0.15, -0.1) is 0 Å². The quantitative estimate of drug-likeness (QED) is 0.705. The van der Waals surface area contributed by atoms with Crippen LogP contribution in [-0.2, 0) is 0 Å². The third-order valence-electron chi connectivity index (χ3n) is 3.74. The van der Waals surface area contributed by atoms with Crippen LogP contribution in [0.3, 0.4) is 0 Å². The molecule has 1 unspecified atom stereocenters. The normalized spacial score (nSPS) is 20.7. The molecule has 1 atom stereocenters. The summed E-state index contributed by atoms with van der Waals surface area (Å²) in [7, 11) is 1.74. The van der Waals surface area contributed by atoms with Crippen LogP contribution >= 0.6 is 11.6 Å². The monoisotopic (exact) mass is 283 g/mol. The van der Waals surface area contributed by atoms with Crippen LogP contribution in [0.5, 0.6) is 0 Å². The summed E-state index contributed by atoms with van der Waals surface area (Å²) in [4.78, 5) is 12.5. The second-order valence-corrected chi connectivity index (χ2v) is 5.15. The third-order valence-corrected chi connectivity index (χ3v) is 3.91. The van der Waals surface area contributed by atoms with Crippen LogP contribution in [0.25, 0.3) is 11.2 Å². The van der Waals surface area contributed by atoms with Crippen LogP contribution in [0, 0.1) is 5.41 Å². The largest absolute Gasteiger partial charge is 0.396 e. The van der Waals surface area contributed by atoms with Crippen LogP contribution < -0.4 is 5.32 Å². The van der Waals surface area contributed by atoms with Gasteiger partial charge in [0.1, 0.15) is 0 Å².